The molecule has 3 rings (SSSR count). The average molecular weight is 345 g/mol. The molecule has 1 atom stereocenters. The highest BCUT2D eigenvalue weighted by molar-refractivity contribution is 8.00. The molecule has 2 aromatic rings. The Bertz CT molecular complexity index is 673. The van der Waals surface area contributed by atoms with Crippen LogP contribution in [0.3, 0.4) is 0 Å². The van der Waals surface area contributed by atoms with E-state index in [1.54, 1.807) is 24.2 Å². The molecule has 0 saturated carbocycles. The number of rotatable bonds is 5. The molecule has 1 saturated heterocycles. The summed E-state index contributed by atoms with van der Waals surface area (Å²) < 4.78 is 0. The second-order valence-corrected chi connectivity index (χ2v) is 7.74. The second-order valence-electron chi connectivity index (χ2n) is 5.34. The number of nitrogens with zero attached hydrogens (tertiary/aromatic N) is 3. The summed E-state index contributed by atoms with van der Waals surface area (Å²) in [5.41, 5.74) is 2.88. The first-order chi connectivity index (χ1) is 11.2. The molecule has 23 heavy (non-hydrogen) atoms. The maximum atomic E-state index is 12.3. The number of hydrogen-bond donors (Lipinski definition) is 0. The fourth-order valence-corrected chi connectivity index (χ4v) is 4.32. The van der Waals surface area contributed by atoms with Gasteiger partial charge in [-0.05, 0) is 30.4 Å². The van der Waals surface area contributed by atoms with Gasteiger partial charge < -0.3 is 4.90 Å². The molecule has 1 aromatic heterocycles. The number of amides is 1. The van der Waals surface area contributed by atoms with E-state index in [-0.39, 0.29) is 11.3 Å². The third-order valence-corrected chi connectivity index (χ3v) is 5.76. The zero-order valence-electron chi connectivity index (χ0n) is 13.2. The fourth-order valence-electron chi connectivity index (χ4n) is 2.47. The molecule has 0 spiro atoms. The van der Waals surface area contributed by atoms with Crippen LogP contribution in [-0.2, 0) is 11.3 Å². The Kier molecular flexibility index (Phi) is 5.23. The van der Waals surface area contributed by atoms with Crippen molar-refractivity contribution >= 4 is 29.4 Å². The Balaban J connectivity index is 1.77. The van der Waals surface area contributed by atoms with Crippen molar-refractivity contribution in [3.05, 3.63) is 53.6 Å². The molecule has 1 aliphatic rings. The van der Waals surface area contributed by atoms with E-state index >= 15 is 0 Å². The van der Waals surface area contributed by atoms with Crippen molar-refractivity contribution in [2.45, 2.75) is 30.7 Å². The maximum Gasteiger partial charge on any atom is 0.234 e. The van der Waals surface area contributed by atoms with E-state index < -0.39 is 0 Å². The molecular formula is C17H19N3OS2. The van der Waals surface area contributed by atoms with Gasteiger partial charge in [-0.15, -0.1) is 23.5 Å². The van der Waals surface area contributed by atoms with Crippen LogP contribution in [0.4, 0.5) is 0 Å². The molecule has 1 aromatic carbocycles. The lowest BCUT2D eigenvalue weighted by molar-refractivity contribution is -0.128. The van der Waals surface area contributed by atoms with Gasteiger partial charge in [0.1, 0.15) is 5.37 Å². The van der Waals surface area contributed by atoms with Crippen LogP contribution in [0.25, 0.3) is 0 Å². The van der Waals surface area contributed by atoms with Gasteiger partial charge in [-0.25, -0.2) is 0 Å². The van der Waals surface area contributed by atoms with Crippen molar-refractivity contribution in [1.82, 2.24) is 14.9 Å². The minimum Gasteiger partial charge on any atom is -0.320 e. The van der Waals surface area contributed by atoms with Crippen LogP contribution in [0.2, 0.25) is 0 Å². The van der Waals surface area contributed by atoms with Crippen molar-refractivity contribution in [2.75, 3.05) is 11.5 Å². The third kappa shape index (κ3) is 3.87. The van der Waals surface area contributed by atoms with Crippen LogP contribution in [0, 0.1) is 6.92 Å². The van der Waals surface area contributed by atoms with Gasteiger partial charge in [0.05, 0.1) is 29.9 Å². The number of aromatic nitrogens is 2. The van der Waals surface area contributed by atoms with Crippen molar-refractivity contribution < 1.29 is 4.79 Å². The van der Waals surface area contributed by atoms with Gasteiger partial charge in [-0.2, -0.15) is 0 Å². The second kappa shape index (κ2) is 7.36. The van der Waals surface area contributed by atoms with E-state index in [1.807, 2.05) is 23.6 Å². The SMILES string of the molecule is CCSc1ccc(C2SCC(=O)N2Cc2cnc(C)cn2)cc1. The van der Waals surface area contributed by atoms with Gasteiger partial charge in [0, 0.05) is 11.1 Å². The lowest BCUT2D eigenvalue weighted by Crippen LogP contribution is -2.28. The summed E-state index contributed by atoms with van der Waals surface area (Å²) in [4.78, 5) is 24.1. The minimum absolute atomic E-state index is 0.0614. The first-order valence-corrected chi connectivity index (χ1v) is 9.62. The first kappa shape index (κ1) is 16.3. The Labute approximate surface area is 145 Å². The van der Waals surface area contributed by atoms with Crippen LogP contribution in [0.1, 0.15) is 29.2 Å². The summed E-state index contributed by atoms with van der Waals surface area (Å²) in [6.45, 7) is 4.57. The smallest absolute Gasteiger partial charge is 0.234 e. The number of thioether (sulfide) groups is 2. The molecule has 120 valence electrons. The monoisotopic (exact) mass is 345 g/mol. The highest BCUT2D eigenvalue weighted by Crippen LogP contribution is 2.39. The van der Waals surface area contributed by atoms with E-state index in [4.69, 9.17) is 0 Å². The van der Waals surface area contributed by atoms with Gasteiger partial charge in [-0.1, -0.05) is 19.1 Å². The Hall–Kier alpha value is -1.53. The van der Waals surface area contributed by atoms with Crippen LogP contribution in [0.5, 0.6) is 0 Å². The fraction of sp³-hybridized carbons (Fsp3) is 0.353. The molecule has 1 fully saturated rings. The molecule has 1 unspecified atom stereocenters. The highest BCUT2D eigenvalue weighted by atomic mass is 32.2. The van der Waals surface area contributed by atoms with E-state index in [0.29, 0.717) is 12.3 Å². The van der Waals surface area contributed by atoms with E-state index in [9.17, 15) is 4.79 Å². The zero-order chi connectivity index (χ0) is 16.2. The Morgan fingerprint density at radius 1 is 1.26 bits per heavy atom. The molecule has 0 radical (unpaired) electrons. The number of carbonyl (C=O) groups is 1. The van der Waals surface area contributed by atoms with E-state index in [2.05, 4.69) is 41.2 Å². The van der Waals surface area contributed by atoms with Crippen LogP contribution < -0.4 is 0 Å². The van der Waals surface area contributed by atoms with Crippen LogP contribution >= 0.6 is 23.5 Å². The largest absolute Gasteiger partial charge is 0.320 e. The molecule has 4 nitrogen and oxygen atoms in total. The van der Waals surface area contributed by atoms with E-state index in [0.717, 1.165) is 17.1 Å². The average Bonchev–Trinajstić information content (AvgIpc) is 2.92. The minimum atomic E-state index is 0.0614. The standard InChI is InChI=1S/C17H19N3OS2/c1-3-22-15-6-4-13(5-7-15)17-20(16(21)11-23-17)10-14-9-18-12(2)8-19-14/h4-9,17H,3,10-11H2,1-2H3. The summed E-state index contributed by atoms with van der Waals surface area (Å²) in [7, 11) is 0. The number of aryl methyl sites for hydroxylation is 1. The predicted molar refractivity (Wildman–Crippen MR) is 95.4 cm³/mol. The van der Waals surface area contributed by atoms with Gasteiger partial charge in [0.15, 0.2) is 0 Å². The maximum absolute atomic E-state index is 12.3. The third-order valence-electron chi connectivity index (χ3n) is 3.61. The molecule has 0 N–H and O–H groups in total. The predicted octanol–water partition coefficient (Wildman–Crippen LogP) is 3.67. The molecule has 1 amide bonds. The Morgan fingerprint density at radius 2 is 2.04 bits per heavy atom. The van der Waals surface area contributed by atoms with Crippen molar-refractivity contribution in [3.63, 3.8) is 0 Å². The zero-order valence-corrected chi connectivity index (χ0v) is 14.9. The quantitative estimate of drug-likeness (QED) is 0.774. The van der Waals surface area contributed by atoms with E-state index in [1.165, 1.54) is 10.5 Å². The van der Waals surface area contributed by atoms with Crippen LogP contribution in [-0.4, -0.2) is 32.3 Å². The highest BCUT2D eigenvalue weighted by Gasteiger charge is 2.33. The number of benzene rings is 1. The molecule has 2 heterocycles. The van der Waals surface area contributed by atoms with Crippen molar-refractivity contribution in [3.8, 4) is 0 Å². The van der Waals surface area contributed by atoms with Gasteiger partial charge in [0.2, 0.25) is 5.91 Å². The summed E-state index contributed by atoms with van der Waals surface area (Å²) in [6.07, 6.45) is 3.50. The topological polar surface area (TPSA) is 46.1 Å². The van der Waals surface area contributed by atoms with Crippen molar-refractivity contribution in [2.24, 2.45) is 0 Å². The normalized spacial score (nSPS) is 17.7. The first-order valence-electron chi connectivity index (χ1n) is 7.58. The lowest BCUT2D eigenvalue weighted by atomic mass is 10.2. The molecule has 0 bridgehead atoms. The number of hydrogen-bond acceptors (Lipinski definition) is 5. The van der Waals surface area contributed by atoms with Crippen molar-refractivity contribution in [1.29, 1.82) is 0 Å². The van der Waals surface area contributed by atoms with Gasteiger partial charge in [0.25, 0.3) is 0 Å². The summed E-state index contributed by atoms with van der Waals surface area (Å²) in [5, 5.41) is 0.0614. The van der Waals surface area contributed by atoms with Gasteiger partial charge >= 0.3 is 0 Å². The summed E-state index contributed by atoms with van der Waals surface area (Å²) in [6, 6.07) is 8.53. The van der Waals surface area contributed by atoms with Gasteiger partial charge in [-0.3, -0.25) is 14.8 Å². The van der Waals surface area contributed by atoms with Crippen LogP contribution in [0.15, 0.2) is 41.6 Å². The summed E-state index contributed by atoms with van der Waals surface area (Å²) in [5.74, 6) is 1.75. The molecule has 0 aliphatic carbocycles. The molecular weight excluding hydrogens is 326 g/mol. The Morgan fingerprint density at radius 3 is 2.70 bits per heavy atom. The molecule has 1 aliphatic heterocycles. The molecule has 6 heteroatoms. The number of carbonyl (C=O) groups excluding carboxylic acids is 1. The lowest BCUT2D eigenvalue weighted by Gasteiger charge is -2.24. The summed E-state index contributed by atoms with van der Waals surface area (Å²) >= 11 is 3.50.